The van der Waals surface area contributed by atoms with Gasteiger partial charge in [-0.25, -0.2) is 18.4 Å². The zero-order valence-corrected chi connectivity index (χ0v) is 17.8. The summed E-state index contributed by atoms with van der Waals surface area (Å²) in [5, 5.41) is 8.92. The third kappa shape index (κ3) is 6.06. The van der Waals surface area contributed by atoms with Gasteiger partial charge in [0.2, 0.25) is 10.0 Å². The van der Waals surface area contributed by atoms with Gasteiger partial charge in [0.15, 0.2) is 0 Å². The van der Waals surface area contributed by atoms with E-state index in [1.54, 1.807) is 24.3 Å². The molecule has 3 aromatic rings. The quantitative estimate of drug-likeness (QED) is 0.392. The number of benzene rings is 2. The van der Waals surface area contributed by atoms with Crippen LogP contribution in [0.15, 0.2) is 57.9 Å². The molecule has 0 radical (unpaired) electrons. The van der Waals surface area contributed by atoms with E-state index in [9.17, 15) is 13.2 Å². The Bertz CT molecular complexity index is 1140. The zero-order valence-electron chi connectivity index (χ0n) is 17.0. The van der Waals surface area contributed by atoms with Crippen molar-refractivity contribution < 1.29 is 31.9 Å². The largest absolute Gasteiger partial charge is 0.490 e. The summed E-state index contributed by atoms with van der Waals surface area (Å²) in [5.41, 5.74) is 1.96. The Hall–Kier alpha value is -3.37. The zero-order chi connectivity index (χ0) is 22.4. The number of aryl methyl sites for hydroxylation is 2. The van der Waals surface area contributed by atoms with Gasteiger partial charge in [0.25, 0.3) is 0 Å². The molecule has 0 saturated heterocycles. The number of aromatic nitrogens is 1. The van der Waals surface area contributed by atoms with Crippen molar-refractivity contribution in [1.82, 2.24) is 5.16 Å². The number of nitrogens with zero attached hydrogens (tertiary/aromatic N) is 1. The average Bonchev–Trinajstić information content (AvgIpc) is 3.07. The summed E-state index contributed by atoms with van der Waals surface area (Å²) in [6, 6.07) is 12.3. The predicted molar refractivity (Wildman–Crippen MR) is 110 cm³/mol. The van der Waals surface area contributed by atoms with E-state index in [1.807, 2.05) is 13.8 Å². The molecule has 9 nitrogen and oxygen atoms in total. The van der Waals surface area contributed by atoms with Gasteiger partial charge in [-0.2, -0.15) is 0 Å². The van der Waals surface area contributed by atoms with Crippen molar-refractivity contribution in [3.05, 3.63) is 71.1 Å². The first kappa shape index (κ1) is 22.3. The average molecular weight is 446 g/mol. The molecule has 3 rings (SSSR count). The second-order valence-electron chi connectivity index (χ2n) is 6.62. The van der Waals surface area contributed by atoms with Gasteiger partial charge >= 0.3 is 5.97 Å². The number of carbonyl (C=O) groups is 1. The SMILES string of the molecule is Cc1noc(C)c1COc1cccc(C(=O)OCCOc2ccc(S(N)(=O)=O)cc2)c1. The van der Waals surface area contributed by atoms with Crippen LogP contribution in [0.4, 0.5) is 0 Å². The molecule has 0 fully saturated rings. The van der Waals surface area contributed by atoms with Gasteiger partial charge in [0.05, 0.1) is 21.7 Å². The summed E-state index contributed by atoms with van der Waals surface area (Å²) in [6.45, 7) is 4.03. The van der Waals surface area contributed by atoms with Gasteiger partial charge in [-0.3, -0.25) is 0 Å². The van der Waals surface area contributed by atoms with E-state index >= 15 is 0 Å². The van der Waals surface area contributed by atoms with Crippen molar-refractivity contribution in [3.63, 3.8) is 0 Å². The highest BCUT2D eigenvalue weighted by molar-refractivity contribution is 7.89. The summed E-state index contributed by atoms with van der Waals surface area (Å²) >= 11 is 0. The highest BCUT2D eigenvalue weighted by Gasteiger charge is 2.12. The fraction of sp³-hybridized carbons (Fsp3) is 0.238. The Kier molecular flexibility index (Phi) is 6.93. The van der Waals surface area contributed by atoms with Crippen LogP contribution < -0.4 is 14.6 Å². The van der Waals surface area contributed by atoms with E-state index in [2.05, 4.69) is 5.16 Å². The van der Waals surface area contributed by atoms with E-state index in [0.29, 0.717) is 22.8 Å². The monoisotopic (exact) mass is 446 g/mol. The molecule has 31 heavy (non-hydrogen) atoms. The maximum atomic E-state index is 12.3. The van der Waals surface area contributed by atoms with Crippen molar-refractivity contribution >= 4 is 16.0 Å². The van der Waals surface area contributed by atoms with Crippen LogP contribution in [0, 0.1) is 13.8 Å². The van der Waals surface area contributed by atoms with E-state index in [0.717, 1.165) is 11.3 Å². The van der Waals surface area contributed by atoms with E-state index in [1.165, 1.54) is 24.3 Å². The Morgan fingerprint density at radius 3 is 2.42 bits per heavy atom. The second kappa shape index (κ2) is 9.63. The number of nitrogens with two attached hydrogens (primary N) is 1. The smallest absolute Gasteiger partial charge is 0.338 e. The minimum atomic E-state index is -3.75. The number of sulfonamides is 1. The Morgan fingerprint density at radius 1 is 1.03 bits per heavy atom. The van der Waals surface area contributed by atoms with Gasteiger partial charge in [-0.05, 0) is 56.3 Å². The van der Waals surface area contributed by atoms with Crippen LogP contribution in [0.5, 0.6) is 11.5 Å². The van der Waals surface area contributed by atoms with Crippen LogP contribution in [0.1, 0.15) is 27.4 Å². The summed E-state index contributed by atoms with van der Waals surface area (Å²) < 4.78 is 43.9. The molecule has 0 spiro atoms. The van der Waals surface area contributed by atoms with Crippen molar-refractivity contribution in [1.29, 1.82) is 0 Å². The summed E-state index contributed by atoms with van der Waals surface area (Å²) in [7, 11) is -3.75. The molecule has 0 amide bonds. The van der Waals surface area contributed by atoms with E-state index in [4.69, 9.17) is 23.9 Å². The molecule has 1 aromatic heterocycles. The predicted octanol–water partition coefficient (Wildman–Crippen LogP) is 2.75. The first-order valence-electron chi connectivity index (χ1n) is 9.31. The number of hydrogen-bond donors (Lipinski definition) is 1. The lowest BCUT2D eigenvalue weighted by molar-refractivity contribution is 0.0450. The molecule has 1 heterocycles. The molecular weight excluding hydrogens is 424 g/mol. The molecule has 2 N–H and O–H groups in total. The molecular formula is C21H22N2O7S. The van der Waals surface area contributed by atoms with Crippen LogP contribution in [0.2, 0.25) is 0 Å². The van der Waals surface area contributed by atoms with Crippen LogP contribution in [-0.2, 0) is 21.4 Å². The second-order valence-corrected chi connectivity index (χ2v) is 8.18. The Labute approximate surface area is 179 Å². The third-order valence-corrected chi connectivity index (χ3v) is 5.30. The molecule has 0 aliphatic heterocycles. The minimum absolute atomic E-state index is 0.0114. The van der Waals surface area contributed by atoms with Crippen molar-refractivity contribution in [2.24, 2.45) is 5.14 Å². The van der Waals surface area contributed by atoms with Gasteiger partial charge in [-0.15, -0.1) is 0 Å². The number of hydrogen-bond acceptors (Lipinski definition) is 8. The maximum absolute atomic E-state index is 12.3. The molecule has 0 unspecified atom stereocenters. The first-order valence-corrected chi connectivity index (χ1v) is 10.9. The molecule has 10 heteroatoms. The fourth-order valence-electron chi connectivity index (χ4n) is 2.68. The lowest BCUT2D eigenvalue weighted by atomic mass is 10.2. The molecule has 0 aliphatic rings. The van der Waals surface area contributed by atoms with Crippen molar-refractivity contribution in [3.8, 4) is 11.5 Å². The molecule has 164 valence electrons. The van der Waals surface area contributed by atoms with Crippen LogP contribution in [-0.4, -0.2) is 32.8 Å². The summed E-state index contributed by atoms with van der Waals surface area (Å²) in [5.74, 6) is 1.11. The van der Waals surface area contributed by atoms with Crippen LogP contribution in [0.3, 0.4) is 0 Å². The number of carbonyl (C=O) groups excluding carboxylic acids is 1. The number of rotatable bonds is 9. The minimum Gasteiger partial charge on any atom is -0.490 e. The Morgan fingerprint density at radius 2 is 1.77 bits per heavy atom. The van der Waals surface area contributed by atoms with Crippen LogP contribution in [0.25, 0.3) is 0 Å². The molecule has 0 aliphatic carbocycles. The third-order valence-electron chi connectivity index (χ3n) is 4.37. The molecule has 0 bridgehead atoms. The van der Waals surface area contributed by atoms with Crippen molar-refractivity contribution in [2.75, 3.05) is 13.2 Å². The summed E-state index contributed by atoms with van der Waals surface area (Å²) in [4.78, 5) is 12.3. The van der Waals surface area contributed by atoms with E-state index in [-0.39, 0.29) is 24.7 Å². The lowest BCUT2D eigenvalue weighted by Gasteiger charge is -2.09. The number of ether oxygens (including phenoxy) is 3. The van der Waals surface area contributed by atoms with Gasteiger partial charge in [0.1, 0.15) is 37.1 Å². The van der Waals surface area contributed by atoms with Gasteiger partial charge in [0, 0.05) is 0 Å². The Balaban J connectivity index is 1.48. The molecule has 0 atom stereocenters. The maximum Gasteiger partial charge on any atom is 0.338 e. The highest BCUT2D eigenvalue weighted by atomic mass is 32.2. The highest BCUT2D eigenvalue weighted by Crippen LogP contribution is 2.19. The number of esters is 1. The van der Waals surface area contributed by atoms with Gasteiger partial charge in [-0.1, -0.05) is 11.2 Å². The normalized spacial score (nSPS) is 11.2. The topological polar surface area (TPSA) is 131 Å². The lowest BCUT2D eigenvalue weighted by Crippen LogP contribution is -2.13. The molecule has 2 aromatic carbocycles. The number of primary sulfonamides is 1. The standard InChI is InChI=1S/C21H22N2O7S/c1-14-20(15(2)30-23-14)13-29-18-5-3-4-16(12-18)21(24)28-11-10-27-17-6-8-19(9-7-17)31(22,25)26/h3-9,12H,10-11,13H2,1-2H3,(H2,22,25,26). The van der Waals surface area contributed by atoms with Crippen molar-refractivity contribution in [2.45, 2.75) is 25.3 Å². The molecule has 0 saturated carbocycles. The van der Waals surface area contributed by atoms with Crippen LogP contribution >= 0.6 is 0 Å². The van der Waals surface area contributed by atoms with Gasteiger partial charge < -0.3 is 18.7 Å². The fourth-order valence-corrected chi connectivity index (χ4v) is 3.19. The summed E-state index contributed by atoms with van der Waals surface area (Å²) in [6.07, 6.45) is 0. The first-order chi connectivity index (χ1) is 14.7. The van der Waals surface area contributed by atoms with E-state index < -0.39 is 16.0 Å².